The van der Waals surface area contributed by atoms with Crippen molar-refractivity contribution in [3.05, 3.63) is 65.7 Å². The molecular formula is C20H19NO4. The van der Waals surface area contributed by atoms with Gasteiger partial charge < -0.3 is 10.1 Å². The number of carbonyl (C=O) groups is 3. The van der Waals surface area contributed by atoms with Crippen molar-refractivity contribution < 1.29 is 19.1 Å². The number of rotatable bonds is 6. The third kappa shape index (κ3) is 4.32. The SMILES string of the molecule is C[C@H]1C[C@H]1C(=O)OCC(=O)c1ccc(NC(=O)c2ccccc2)cc1. The van der Waals surface area contributed by atoms with E-state index in [1.807, 2.05) is 13.0 Å². The summed E-state index contributed by atoms with van der Waals surface area (Å²) in [6.45, 7) is 1.73. The fraction of sp³-hybridized carbons (Fsp3) is 0.250. The van der Waals surface area contributed by atoms with E-state index in [-0.39, 0.29) is 30.2 Å². The molecule has 0 unspecified atom stereocenters. The maximum atomic E-state index is 12.1. The van der Waals surface area contributed by atoms with Gasteiger partial charge in [0.05, 0.1) is 5.92 Å². The van der Waals surface area contributed by atoms with Gasteiger partial charge in [0.1, 0.15) is 0 Å². The smallest absolute Gasteiger partial charge is 0.309 e. The topological polar surface area (TPSA) is 72.5 Å². The first kappa shape index (κ1) is 16.9. The molecule has 2 aromatic rings. The van der Waals surface area contributed by atoms with Gasteiger partial charge in [-0.1, -0.05) is 25.1 Å². The number of esters is 1. The molecule has 0 saturated heterocycles. The summed E-state index contributed by atoms with van der Waals surface area (Å²) in [7, 11) is 0. The number of benzene rings is 2. The van der Waals surface area contributed by atoms with Crippen LogP contribution in [0.4, 0.5) is 5.69 Å². The van der Waals surface area contributed by atoms with Gasteiger partial charge in [-0.15, -0.1) is 0 Å². The summed E-state index contributed by atoms with van der Waals surface area (Å²) in [5.74, 6) is -0.471. The van der Waals surface area contributed by atoms with Crippen molar-refractivity contribution in [3.63, 3.8) is 0 Å². The zero-order valence-corrected chi connectivity index (χ0v) is 13.9. The van der Waals surface area contributed by atoms with Crippen LogP contribution >= 0.6 is 0 Å². The molecule has 25 heavy (non-hydrogen) atoms. The predicted octanol–water partition coefficient (Wildman–Crippen LogP) is 3.32. The van der Waals surface area contributed by atoms with Gasteiger partial charge in [-0.2, -0.15) is 0 Å². The Bertz CT molecular complexity index is 783. The molecule has 0 radical (unpaired) electrons. The minimum atomic E-state index is -0.299. The van der Waals surface area contributed by atoms with Crippen LogP contribution in [0, 0.1) is 11.8 Å². The van der Waals surface area contributed by atoms with Gasteiger partial charge in [0, 0.05) is 16.8 Å². The standard InChI is InChI=1S/C20H19NO4/c1-13-11-17(13)20(24)25-12-18(22)14-7-9-16(10-8-14)21-19(23)15-5-3-2-4-6-15/h2-10,13,17H,11-12H2,1H3,(H,21,23)/t13-,17+/m0/s1. The molecule has 0 aromatic heterocycles. The molecule has 0 spiro atoms. The summed E-state index contributed by atoms with van der Waals surface area (Å²) in [4.78, 5) is 35.8. The van der Waals surface area contributed by atoms with Crippen molar-refractivity contribution in [1.82, 2.24) is 0 Å². The van der Waals surface area contributed by atoms with Crippen LogP contribution < -0.4 is 5.32 Å². The van der Waals surface area contributed by atoms with E-state index in [1.165, 1.54) is 0 Å². The van der Waals surface area contributed by atoms with Crippen molar-refractivity contribution >= 4 is 23.3 Å². The van der Waals surface area contributed by atoms with Crippen molar-refractivity contribution in [2.24, 2.45) is 11.8 Å². The second-order valence-corrected chi connectivity index (χ2v) is 6.25. The Balaban J connectivity index is 1.53. The lowest BCUT2D eigenvalue weighted by molar-refractivity contribution is -0.144. The number of carbonyl (C=O) groups excluding carboxylic acids is 3. The van der Waals surface area contributed by atoms with Crippen LogP contribution in [-0.4, -0.2) is 24.3 Å². The fourth-order valence-electron chi connectivity index (χ4n) is 2.51. The summed E-state index contributed by atoms with van der Waals surface area (Å²) in [6.07, 6.45) is 0.836. The van der Waals surface area contributed by atoms with Crippen molar-refractivity contribution in [2.75, 3.05) is 11.9 Å². The normalized spacial score (nSPS) is 18.3. The highest BCUT2D eigenvalue weighted by molar-refractivity contribution is 6.04. The number of nitrogens with one attached hydrogen (secondary N) is 1. The highest BCUT2D eigenvalue weighted by Gasteiger charge is 2.40. The molecule has 0 bridgehead atoms. The molecule has 3 rings (SSSR count). The molecule has 0 aliphatic heterocycles. The molecule has 128 valence electrons. The third-order valence-electron chi connectivity index (χ3n) is 4.26. The van der Waals surface area contributed by atoms with Crippen LogP contribution in [0.5, 0.6) is 0 Å². The van der Waals surface area contributed by atoms with E-state index >= 15 is 0 Å². The number of Topliss-reactive ketones (excluding diaryl/α,β-unsaturated/α-hetero) is 1. The number of hydrogen-bond acceptors (Lipinski definition) is 4. The van der Waals surface area contributed by atoms with E-state index in [0.717, 1.165) is 6.42 Å². The predicted molar refractivity (Wildman–Crippen MR) is 93.4 cm³/mol. The van der Waals surface area contributed by atoms with E-state index < -0.39 is 0 Å². The first-order valence-electron chi connectivity index (χ1n) is 8.21. The summed E-state index contributed by atoms with van der Waals surface area (Å²) in [5.41, 5.74) is 1.59. The minimum absolute atomic E-state index is 0.0524. The Morgan fingerprint density at radius 2 is 1.64 bits per heavy atom. The van der Waals surface area contributed by atoms with Crippen LogP contribution in [0.2, 0.25) is 0 Å². The van der Waals surface area contributed by atoms with Gasteiger partial charge >= 0.3 is 5.97 Å². The van der Waals surface area contributed by atoms with Gasteiger partial charge in [0.15, 0.2) is 12.4 Å². The molecule has 1 amide bonds. The Morgan fingerprint density at radius 1 is 1.00 bits per heavy atom. The summed E-state index contributed by atoms with van der Waals surface area (Å²) >= 11 is 0. The van der Waals surface area contributed by atoms with Crippen molar-refractivity contribution in [3.8, 4) is 0 Å². The second-order valence-electron chi connectivity index (χ2n) is 6.25. The van der Waals surface area contributed by atoms with Gasteiger partial charge in [-0.05, 0) is 48.7 Å². The number of ketones is 1. The number of anilines is 1. The zero-order valence-electron chi connectivity index (χ0n) is 13.9. The van der Waals surface area contributed by atoms with E-state index in [1.54, 1.807) is 48.5 Å². The number of amides is 1. The molecule has 5 nitrogen and oxygen atoms in total. The second kappa shape index (κ2) is 7.30. The lowest BCUT2D eigenvalue weighted by Crippen LogP contribution is -2.16. The van der Waals surface area contributed by atoms with E-state index in [4.69, 9.17) is 4.74 Å². The van der Waals surface area contributed by atoms with Gasteiger partial charge in [0.25, 0.3) is 5.91 Å². The summed E-state index contributed by atoms with van der Waals surface area (Å²) in [6, 6.07) is 15.4. The van der Waals surface area contributed by atoms with Crippen LogP contribution in [-0.2, 0) is 9.53 Å². The van der Waals surface area contributed by atoms with E-state index in [0.29, 0.717) is 22.7 Å². The average Bonchev–Trinajstić information content (AvgIpc) is 3.37. The van der Waals surface area contributed by atoms with Crippen molar-refractivity contribution in [2.45, 2.75) is 13.3 Å². The van der Waals surface area contributed by atoms with Crippen LogP contribution in [0.25, 0.3) is 0 Å². The first-order valence-corrected chi connectivity index (χ1v) is 8.21. The monoisotopic (exact) mass is 337 g/mol. The minimum Gasteiger partial charge on any atom is -0.457 e. The first-order chi connectivity index (χ1) is 12.0. The quantitative estimate of drug-likeness (QED) is 0.648. The zero-order chi connectivity index (χ0) is 17.8. The molecular weight excluding hydrogens is 318 g/mol. The van der Waals surface area contributed by atoms with Gasteiger partial charge in [0.2, 0.25) is 0 Å². The third-order valence-corrected chi connectivity index (χ3v) is 4.26. The molecule has 1 aliphatic carbocycles. The Kier molecular flexibility index (Phi) is 4.93. The summed E-state index contributed by atoms with van der Waals surface area (Å²) in [5, 5.41) is 2.77. The average molecular weight is 337 g/mol. The Labute approximate surface area is 146 Å². The maximum Gasteiger partial charge on any atom is 0.309 e. The van der Waals surface area contributed by atoms with Gasteiger partial charge in [-0.25, -0.2) is 0 Å². The molecule has 5 heteroatoms. The molecule has 1 N–H and O–H groups in total. The van der Waals surface area contributed by atoms with Crippen molar-refractivity contribution in [1.29, 1.82) is 0 Å². The van der Waals surface area contributed by atoms with E-state index in [9.17, 15) is 14.4 Å². The lowest BCUT2D eigenvalue weighted by Gasteiger charge is -2.07. The Morgan fingerprint density at radius 3 is 2.24 bits per heavy atom. The van der Waals surface area contributed by atoms with Crippen LogP contribution in [0.3, 0.4) is 0 Å². The molecule has 1 saturated carbocycles. The Hall–Kier alpha value is -2.95. The van der Waals surface area contributed by atoms with Crippen LogP contribution in [0.1, 0.15) is 34.1 Å². The fourth-order valence-corrected chi connectivity index (χ4v) is 2.51. The maximum absolute atomic E-state index is 12.1. The van der Waals surface area contributed by atoms with Crippen LogP contribution in [0.15, 0.2) is 54.6 Å². The molecule has 2 atom stereocenters. The molecule has 1 aliphatic rings. The molecule has 1 fully saturated rings. The molecule has 2 aromatic carbocycles. The largest absolute Gasteiger partial charge is 0.457 e. The highest BCUT2D eigenvalue weighted by Crippen LogP contribution is 2.38. The number of hydrogen-bond donors (Lipinski definition) is 1. The number of ether oxygens (including phenoxy) is 1. The molecule has 0 heterocycles. The van der Waals surface area contributed by atoms with E-state index in [2.05, 4.69) is 5.32 Å². The highest BCUT2D eigenvalue weighted by atomic mass is 16.5. The van der Waals surface area contributed by atoms with Gasteiger partial charge in [-0.3, -0.25) is 14.4 Å². The summed E-state index contributed by atoms with van der Waals surface area (Å²) < 4.78 is 5.05. The lowest BCUT2D eigenvalue weighted by atomic mass is 10.1.